The summed E-state index contributed by atoms with van der Waals surface area (Å²) in [6.07, 6.45) is 1.14. The third-order valence-electron chi connectivity index (χ3n) is 2.72. The zero-order valence-corrected chi connectivity index (χ0v) is 11.7. The number of methoxy groups -OCH3 is 3. The summed E-state index contributed by atoms with van der Waals surface area (Å²) in [5.74, 6) is 1.41. The Balaban J connectivity index is 2.43. The van der Waals surface area contributed by atoms with Crippen molar-refractivity contribution in [3.8, 4) is 11.5 Å². The van der Waals surface area contributed by atoms with E-state index in [4.69, 9.17) is 14.2 Å². The molecule has 5 nitrogen and oxygen atoms in total. The fourth-order valence-corrected chi connectivity index (χ4v) is 1.67. The Kier molecular flexibility index (Phi) is 6.74. The summed E-state index contributed by atoms with van der Waals surface area (Å²) in [6.45, 7) is 1.04. The maximum Gasteiger partial charge on any atom is 0.222 e. The van der Waals surface area contributed by atoms with Crippen LogP contribution in [-0.2, 0) is 16.0 Å². The molecule has 0 radical (unpaired) electrons. The number of nitrogens with one attached hydrogen (secondary N) is 1. The largest absolute Gasteiger partial charge is 0.493 e. The minimum atomic E-state index is 0.00215. The van der Waals surface area contributed by atoms with Crippen LogP contribution in [0.25, 0.3) is 0 Å². The number of hydrogen-bond acceptors (Lipinski definition) is 4. The van der Waals surface area contributed by atoms with E-state index in [1.807, 2.05) is 18.2 Å². The molecule has 1 N–H and O–H groups in total. The Hall–Kier alpha value is -1.75. The van der Waals surface area contributed by atoms with Crippen molar-refractivity contribution in [2.45, 2.75) is 12.8 Å². The molecule has 0 aliphatic rings. The van der Waals surface area contributed by atoms with Crippen LogP contribution in [0.5, 0.6) is 11.5 Å². The molecule has 0 aliphatic carbocycles. The van der Waals surface area contributed by atoms with Gasteiger partial charge in [-0.2, -0.15) is 0 Å². The number of hydrogen-bond donors (Lipinski definition) is 1. The van der Waals surface area contributed by atoms with Crippen molar-refractivity contribution in [2.75, 3.05) is 34.5 Å². The molecule has 5 heteroatoms. The Morgan fingerprint density at radius 1 is 1.16 bits per heavy atom. The third-order valence-corrected chi connectivity index (χ3v) is 2.72. The third kappa shape index (κ3) is 5.18. The van der Waals surface area contributed by atoms with Gasteiger partial charge in [0.1, 0.15) is 0 Å². The van der Waals surface area contributed by atoms with Gasteiger partial charge in [-0.25, -0.2) is 0 Å². The Morgan fingerprint density at radius 3 is 2.53 bits per heavy atom. The zero-order chi connectivity index (χ0) is 14.1. The number of carbonyl (C=O) groups is 1. The first-order chi connectivity index (χ1) is 9.21. The summed E-state index contributed by atoms with van der Waals surface area (Å²) in [4.78, 5) is 11.4. The van der Waals surface area contributed by atoms with E-state index >= 15 is 0 Å². The summed E-state index contributed by atoms with van der Waals surface area (Å²) in [5, 5.41) is 2.84. The molecule has 0 saturated heterocycles. The fraction of sp³-hybridized carbons (Fsp3) is 0.500. The minimum absolute atomic E-state index is 0.00215. The van der Waals surface area contributed by atoms with Crippen LogP contribution in [0, 0.1) is 0 Å². The number of carbonyl (C=O) groups excluding carboxylic acids is 1. The topological polar surface area (TPSA) is 56.8 Å². The normalized spacial score (nSPS) is 10.1. The monoisotopic (exact) mass is 267 g/mol. The quantitative estimate of drug-likeness (QED) is 0.773. The SMILES string of the molecule is COCCC(=O)NCCc1ccc(OC)c(OC)c1. The lowest BCUT2D eigenvalue weighted by Gasteiger charge is -2.10. The van der Waals surface area contributed by atoms with Crippen molar-refractivity contribution in [1.82, 2.24) is 5.32 Å². The van der Waals surface area contributed by atoms with Crippen molar-refractivity contribution in [3.63, 3.8) is 0 Å². The Morgan fingerprint density at radius 2 is 1.89 bits per heavy atom. The van der Waals surface area contributed by atoms with Crippen molar-refractivity contribution in [3.05, 3.63) is 23.8 Å². The first kappa shape index (κ1) is 15.3. The van der Waals surface area contributed by atoms with Gasteiger partial charge in [0.15, 0.2) is 11.5 Å². The molecule has 0 spiro atoms. The van der Waals surface area contributed by atoms with Crippen molar-refractivity contribution >= 4 is 5.91 Å². The number of benzene rings is 1. The highest BCUT2D eigenvalue weighted by Gasteiger charge is 2.05. The predicted molar refractivity (Wildman–Crippen MR) is 72.8 cm³/mol. The van der Waals surface area contributed by atoms with Crippen molar-refractivity contribution in [2.24, 2.45) is 0 Å². The highest BCUT2D eigenvalue weighted by molar-refractivity contribution is 5.75. The van der Waals surface area contributed by atoms with Crippen LogP contribution in [0.4, 0.5) is 0 Å². The molecule has 0 aromatic heterocycles. The van der Waals surface area contributed by atoms with Crippen LogP contribution in [0.1, 0.15) is 12.0 Å². The molecule has 19 heavy (non-hydrogen) atoms. The Bertz CT molecular complexity index is 406. The smallest absolute Gasteiger partial charge is 0.222 e. The molecule has 0 bridgehead atoms. The maximum atomic E-state index is 11.4. The van der Waals surface area contributed by atoms with Crippen molar-refractivity contribution in [1.29, 1.82) is 0 Å². The van der Waals surface area contributed by atoms with Gasteiger partial charge >= 0.3 is 0 Å². The van der Waals surface area contributed by atoms with Gasteiger partial charge in [0.2, 0.25) is 5.91 Å². The van der Waals surface area contributed by atoms with Crippen molar-refractivity contribution < 1.29 is 19.0 Å². The van der Waals surface area contributed by atoms with Gasteiger partial charge in [-0.3, -0.25) is 4.79 Å². The van der Waals surface area contributed by atoms with Gasteiger partial charge in [-0.05, 0) is 24.1 Å². The molecular formula is C14H21NO4. The lowest BCUT2D eigenvalue weighted by molar-refractivity contribution is -0.121. The van der Waals surface area contributed by atoms with Gasteiger partial charge in [-0.1, -0.05) is 6.07 Å². The van der Waals surface area contributed by atoms with Crippen LogP contribution < -0.4 is 14.8 Å². The lowest BCUT2D eigenvalue weighted by atomic mass is 10.1. The average molecular weight is 267 g/mol. The molecule has 1 amide bonds. The van der Waals surface area contributed by atoms with Gasteiger partial charge in [0.05, 0.1) is 20.8 Å². The second kappa shape index (κ2) is 8.37. The molecule has 0 fully saturated rings. The van der Waals surface area contributed by atoms with E-state index in [0.29, 0.717) is 31.1 Å². The van der Waals surface area contributed by atoms with E-state index in [9.17, 15) is 4.79 Å². The zero-order valence-electron chi connectivity index (χ0n) is 11.7. The van der Waals surface area contributed by atoms with E-state index in [1.54, 1.807) is 21.3 Å². The minimum Gasteiger partial charge on any atom is -0.493 e. The molecule has 1 rings (SSSR count). The number of amides is 1. The van der Waals surface area contributed by atoms with E-state index < -0.39 is 0 Å². The standard InChI is InChI=1S/C14H21NO4/c1-17-9-7-14(16)15-8-6-11-4-5-12(18-2)13(10-11)19-3/h4-5,10H,6-9H2,1-3H3,(H,15,16). The first-order valence-electron chi connectivity index (χ1n) is 6.17. The van der Waals surface area contributed by atoms with Crippen LogP contribution >= 0.6 is 0 Å². The molecule has 106 valence electrons. The van der Waals surface area contributed by atoms with E-state index in [-0.39, 0.29) is 5.91 Å². The van der Waals surface area contributed by atoms with E-state index in [0.717, 1.165) is 12.0 Å². The molecule has 1 aromatic rings. The lowest BCUT2D eigenvalue weighted by Crippen LogP contribution is -2.26. The molecule has 0 heterocycles. The summed E-state index contributed by atoms with van der Waals surface area (Å²) in [6, 6.07) is 5.74. The van der Waals surface area contributed by atoms with Gasteiger partial charge < -0.3 is 19.5 Å². The fourth-order valence-electron chi connectivity index (χ4n) is 1.67. The van der Waals surface area contributed by atoms with Gasteiger partial charge in [0, 0.05) is 20.1 Å². The number of ether oxygens (including phenoxy) is 3. The summed E-state index contributed by atoms with van der Waals surface area (Å²) < 4.78 is 15.2. The molecule has 0 atom stereocenters. The maximum absolute atomic E-state index is 11.4. The first-order valence-corrected chi connectivity index (χ1v) is 6.17. The van der Waals surface area contributed by atoms with Gasteiger partial charge in [-0.15, -0.1) is 0 Å². The Labute approximate surface area is 113 Å². The molecule has 1 aromatic carbocycles. The van der Waals surface area contributed by atoms with Crippen LogP contribution in [0.15, 0.2) is 18.2 Å². The summed E-state index contributed by atoms with van der Waals surface area (Å²) >= 11 is 0. The highest BCUT2D eigenvalue weighted by Crippen LogP contribution is 2.27. The van der Waals surface area contributed by atoms with Crippen LogP contribution in [0.2, 0.25) is 0 Å². The highest BCUT2D eigenvalue weighted by atomic mass is 16.5. The molecule has 0 aliphatic heterocycles. The predicted octanol–water partition coefficient (Wildman–Crippen LogP) is 1.40. The molecule has 0 saturated carbocycles. The average Bonchev–Trinajstić information content (AvgIpc) is 2.44. The van der Waals surface area contributed by atoms with E-state index in [2.05, 4.69) is 5.32 Å². The second-order valence-electron chi connectivity index (χ2n) is 4.03. The number of rotatable bonds is 8. The van der Waals surface area contributed by atoms with E-state index in [1.165, 1.54) is 0 Å². The summed E-state index contributed by atoms with van der Waals surface area (Å²) in [5.41, 5.74) is 1.09. The molecule has 0 unspecified atom stereocenters. The van der Waals surface area contributed by atoms with Crippen LogP contribution in [0.3, 0.4) is 0 Å². The van der Waals surface area contributed by atoms with Crippen LogP contribution in [-0.4, -0.2) is 40.4 Å². The second-order valence-corrected chi connectivity index (χ2v) is 4.03. The van der Waals surface area contributed by atoms with Gasteiger partial charge in [0.25, 0.3) is 0 Å². The summed E-state index contributed by atoms with van der Waals surface area (Å²) in [7, 11) is 4.79. The molecular weight excluding hydrogens is 246 g/mol.